The van der Waals surface area contributed by atoms with Gasteiger partial charge in [-0.3, -0.25) is 10.1 Å². The molecule has 0 amide bonds. The van der Waals surface area contributed by atoms with Crippen LogP contribution in [0.3, 0.4) is 0 Å². The molecule has 1 aliphatic heterocycles. The minimum absolute atomic E-state index is 0.0746. The normalized spacial score (nSPS) is 15.3. The Morgan fingerprint density at radius 2 is 2.05 bits per heavy atom. The Hall–Kier alpha value is -4.72. The highest BCUT2D eigenvalue weighted by Crippen LogP contribution is 2.39. The highest BCUT2D eigenvalue weighted by molar-refractivity contribution is 5.81. The summed E-state index contributed by atoms with van der Waals surface area (Å²) < 4.78 is 46.9. The van der Waals surface area contributed by atoms with Gasteiger partial charge in [-0.25, -0.2) is 19.0 Å². The monoisotopic (exact) mass is 555 g/mol. The number of methoxy groups -OCH3 is 1. The number of rotatable bonds is 8. The molecule has 4 heterocycles. The molecule has 2 N–H and O–H groups in total. The quantitative estimate of drug-likeness (QED) is 0.223. The standard InChI is InChI=1S/C26H24F3N7O4/c1-40-21-6-2-5-18(27)24(21)25-19(36(38)39)7-8-22(33-25)32-23-10-20(34-9-3-4-16(37)14-34)17(12-30-23)15-11-31-35(13-15)26(28)29/h2,5-8,10-13,16,26,37H,3-4,9,14H2,1H3,(H,30,32,33)/t16-/m0/s1. The highest BCUT2D eigenvalue weighted by atomic mass is 19.3. The molecule has 0 unspecified atom stereocenters. The van der Waals surface area contributed by atoms with E-state index in [1.807, 2.05) is 4.90 Å². The van der Waals surface area contributed by atoms with Gasteiger partial charge in [-0.05, 0) is 31.0 Å². The number of ether oxygens (including phenoxy) is 1. The van der Waals surface area contributed by atoms with E-state index < -0.39 is 29.1 Å². The summed E-state index contributed by atoms with van der Waals surface area (Å²) in [5.41, 5.74) is 0.735. The molecule has 1 aliphatic rings. The number of aliphatic hydroxyl groups is 1. The van der Waals surface area contributed by atoms with E-state index in [-0.39, 0.29) is 28.6 Å². The van der Waals surface area contributed by atoms with Crippen LogP contribution in [0.1, 0.15) is 19.4 Å². The summed E-state index contributed by atoms with van der Waals surface area (Å²) in [6.45, 7) is -1.87. The van der Waals surface area contributed by atoms with Crippen molar-refractivity contribution in [1.82, 2.24) is 19.7 Å². The Balaban J connectivity index is 1.56. The van der Waals surface area contributed by atoms with Crippen LogP contribution in [-0.4, -0.2) is 56.1 Å². The number of aliphatic hydroxyl groups excluding tert-OH is 1. The summed E-state index contributed by atoms with van der Waals surface area (Å²) in [5, 5.41) is 28.7. The Kier molecular flexibility index (Phi) is 7.51. The van der Waals surface area contributed by atoms with E-state index in [4.69, 9.17) is 4.74 Å². The average molecular weight is 556 g/mol. The summed E-state index contributed by atoms with van der Waals surface area (Å²) in [6.07, 6.45) is 4.80. The van der Waals surface area contributed by atoms with E-state index in [0.717, 1.165) is 12.5 Å². The lowest BCUT2D eigenvalue weighted by Gasteiger charge is -2.33. The first kappa shape index (κ1) is 26.9. The first-order valence-corrected chi connectivity index (χ1v) is 12.3. The van der Waals surface area contributed by atoms with E-state index >= 15 is 0 Å². The Labute approximate surface area is 226 Å². The predicted octanol–water partition coefficient (Wildman–Crippen LogP) is 5.16. The van der Waals surface area contributed by atoms with Gasteiger partial charge in [0.15, 0.2) is 5.69 Å². The fourth-order valence-electron chi connectivity index (χ4n) is 4.64. The van der Waals surface area contributed by atoms with Gasteiger partial charge in [0.05, 0.1) is 35.6 Å². The number of benzene rings is 1. The topological polar surface area (TPSA) is 131 Å². The molecule has 4 aromatic rings. The van der Waals surface area contributed by atoms with E-state index in [1.165, 1.54) is 50.0 Å². The fourth-order valence-corrected chi connectivity index (χ4v) is 4.64. The number of anilines is 3. The molecule has 0 saturated carbocycles. The lowest BCUT2D eigenvalue weighted by molar-refractivity contribution is -0.384. The first-order valence-electron chi connectivity index (χ1n) is 12.3. The molecule has 0 spiro atoms. The number of nitro groups is 1. The minimum atomic E-state index is -2.81. The van der Waals surface area contributed by atoms with Crippen LogP contribution in [-0.2, 0) is 0 Å². The van der Waals surface area contributed by atoms with Crippen LogP contribution in [0.4, 0.5) is 36.2 Å². The summed E-state index contributed by atoms with van der Waals surface area (Å²) in [5.74, 6) is -0.246. The molecule has 0 bridgehead atoms. The fraction of sp³-hybridized carbons (Fsp3) is 0.269. The van der Waals surface area contributed by atoms with Gasteiger partial charge in [-0.2, -0.15) is 13.9 Å². The zero-order valence-electron chi connectivity index (χ0n) is 21.2. The van der Waals surface area contributed by atoms with Crippen LogP contribution >= 0.6 is 0 Å². The van der Waals surface area contributed by atoms with Crippen molar-refractivity contribution in [3.63, 3.8) is 0 Å². The summed E-state index contributed by atoms with van der Waals surface area (Å²) in [6, 6.07) is 8.27. The zero-order chi connectivity index (χ0) is 28.4. The number of alkyl halides is 2. The highest BCUT2D eigenvalue weighted by Gasteiger charge is 2.25. The SMILES string of the molecule is COc1cccc(F)c1-c1nc(Nc2cc(N3CCC[C@H](O)C3)c(-c3cnn(C(F)F)c3)cn2)ccc1[N+](=O)[O-]. The summed E-state index contributed by atoms with van der Waals surface area (Å²) in [4.78, 5) is 21.7. The second-order valence-electron chi connectivity index (χ2n) is 9.08. The number of hydrogen-bond donors (Lipinski definition) is 2. The van der Waals surface area contributed by atoms with E-state index in [9.17, 15) is 28.4 Å². The van der Waals surface area contributed by atoms with Crippen molar-refractivity contribution in [3.8, 4) is 28.1 Å². The lowest BCUT2D eigenvalue weighted by atomic mass is 10.0. The number of piperidine rings is 1. The van der Waals surface area contributed by atoms with E-state index in [0.29, 0.717) is 41.0 Å². The van der Waals surface area contributed by atoms with Gasteiger partial charge in [0.1, 0.15) is 23.2 Å². The Bertz CT molecular complexity index is 1550. The zero-order valence-corrected chi connectivity index (χ0v) is 21.2. The number of aromatic nitrogens is 4. The largest absolute Gasteiger partial charge is 0.496 e. The molecule has 40 heavy (non-hydrogen) atoms. The third-order valence-corrected chi connectivity index (χ3v) is 6.49. The molecule has 1 atom stereocenters. The Morgan fingerprint density at radius 1 is 1.23 bits per heavy atom. The number of halogens is 3. The van der Waals surface area contributed by atoms with Crippen LogP contribution in [0, 0.1) is 15.9 Å². The van der Waals surface area contributed by atoms with Crippen molar-refractivity contribution in [2.24, 2.45) is 0 Å². The van der Waals surface area contributed by atoms with Crippen molar-refractivity contribution >= 4 is 23.0 Å². The van der Waals surface area contributed by atoms with Crippen LogP contribution in [0.5, 0.6) is 5.75 Å². The Morgan fingerprint density at radius 3 is 2.75 bits per heavy atom. The van der Waals surface area contributed by atoms with Crippen molar-refractivity contribution in [3.05, 3.63) is 70.9 Å². The number of β-amino-alcohol motifs (C(OH)–C–C–N with tert-alkyl or cyclic N) is 1. The molecule has 11 nitrogen and oxygen atoms in total. The van der Waals surface area contributed by atoms with Crippen molar-refractivity contribution in [2.45, 2.75) is 25.5 Å². The van der Waals surface area contributed by atoms with Gasteiger partial charge < -0.3 is 20.1 Å². The third kappa shape index (κ3) is 5.38. The molecule has 0 radical (unpaired) electrons. The maximum atomic E-state index is 14.8. The van der Waals surface area contributed by atoms with Gasteiger partial charge in [-0.1, -0.05) is 6.07 Å². The van der Waals surface area contributed by atoms with Gasteiger partial charge in [0.25, 0.3) is 5.69 Å². The van der Waals surface area contributed by atoms with Crippen LogP contribution in [0.15, 0.2) is 55.0 Å². The molecule has 5 rings (SSSR count). The predicted molar refractivity (Wildman–Crippen MR) is 140 cm³/mol. The minimum Gasteiger partial charge on any atom is -0.496 e. The molecule has 1 aromatic carbocycles. The van der Waals surface area contributed by atoms with E-state index in [1.54, 1.807) is 6.07 Å². The molecule has 14 heteroatoms. The van der Waals surface area contributed by atoms with E-state index in [2.05, 4.69) is 20.4 Å². The first-order chi connectivity index (χ1) is 19.2. The maximum absolute atomic E-state index is 14.8. The lowest BCUT2D eigenvalue weighted by Crippen LogP contribution is -2.38. The number of hydrogen-bond acceptors (Lipinski definition) is 9. The van der Waals surface area contributed by atoms with Crippen molar-refractivity contribution < 1.29 is 27.9 Å². The second-order valence-corrected chi connectivity index (χ2v) is 9.08. The van der Waals surface area contributed by atoms with Gasteiger partial charge >= 0.3 is 6.55 Å². The smallest absolute Gasteiger partial charge is 0.333 e. The summed E-state index contributed by atoms with van der Waals surface area (Å²) >= 11 is 0. The maximum Gasteiger partial charge on any atom is 0.333 e. The van der Waals surface area contributed by atoms with Gasteiger partial charge in [0.2, 0.25) is 0 Å². The summed E-state index contributed by atoms with van der Waals surface area (Å²) in [7, 11) is 1.32. The second kappa shape index (κ2) is 11.2. The van der Waals surface area contributed by atoms with Gasteiger partial charge in [0, 0.05) is 48.7 Å². The number of nitrogens with one attached hydrogen (secondary N) is 1. The number of pyridine rings is 2. The molecule has 208 valence electrons. The molecular weight excluding hydrogens is 531 g/mol. The average Bonchev–Trinajstić information content (AvgIpc) is 3.43. The molecular formula is C26H24F3N7O4. The molecule has 1 saturated heterocycles. The molecule has 1 fully saturated rings. The third-order valence-electron chi connectivity index (χ3n) is 6.49. The van der Waals surface area contributed by atoms with Crippen molar-refractivity contribution in [2.75, 3.05) is 30.4 Å². The number of nitrogens with zero attached hydrogens (tertiary/aromatic N) is 6. The van der Waals surface area contributed by atoms with Crippen molar-refractivity contribution in [1.29, 1.82) is 0 Å². The molecule has 0 aliphatic carbocycles. The van der Waals surface area contributed by atoms with Crippen LogP contribution in [0.25, 0.3) is 22.4 Å². The van der Waals surface area contributed by atoms with Crippen LogP contribution < -0.4 is 15.0 Å². The van der Waals surface area contributed by atoms with Gasteiger partial charge in [-0.15, -0.1) is 0 Å². The van der Waals surface area contributed by atoms with Crippen LogP contribution in [0.2, 0.25) is 0 Å². The molecule has 3 aromatic heterocycles.